The molecule has 0 radical (unpaired) electrons. The predicted molar refractivity (Wildman–Crippen MR) is 139 cm³/mol. The molecule has 0 unspecified atom stereocenters. The Morgan fingerprint density at radius 3 is 2.83 bits per heavy atom. The molecular formula is C27H28N8O. The van der Waals surface area contributed by atoms with E-state index in [1.54, 1.807) is 6.20 Å². The quantitative estimate of drug-likeness (QED) is 0.254. The number of rotatable bonds is 9. The van der Waals surface area contributed by atoms with Crippen LogP contribution in [0.1, 0.15) is 34.2 Å². The molecule has 5 rings (SSSR count). The van der Waals surface area contributed by atoms with Gasteiger partial charge in [-0.15, -0.1) is 0 Å². The number of amides is 1. The molecule has 0 aliphatic carbocycles. The van der Waals surface area contributed by atoms with Gasteiger partial charge in [-0.3, -0.25) is 19.9 Å². The third-order valence-electron chi connectivity index (χ3n) is 6.20. The summed E-state index contributed by atoms with van der Waals surface area (Å²) in [4.78, 5) is 28.9. The fourth-order valence-electron chi connectivity index (χ4n) is 4.16. The maximum Gasteiger partial charge on any atom is 0.269 e. The van der Waals surface area contributed by atoms with E-state index in [1.165, 1.54) is 17.3 Å². The zero-order chi connectivity index (χ0) is 24.9. The molecule has 0 spiro atoms. The van der Waals surface area contributed by atoms with Gasteiger partial charge in [-0.25, -0.2) is 4.98 Å². The number of nitrogens with one attached hydrogen (secondary N) is 4. The molecule has 4 N–H and O–H groups in total. The third kappa shape index (κ3) is 4.87. The lowest BCUT2D eigenvalue weighted by atomic mass is 9.98. The third-order valence-corrected chi connectivity index (χ3v) is 6.20. The Hall–Kier alpha value is -4.37. The first-order valence-electron chi connectivity index (χ1n) is 12.0. The SMILES string of the molecule is CCNCc1cncc(-c2ccc3[nH]nc(-c4ncc(C(=O)NCCc5ccccn5)[nH]4)c3c2)c1C. The Balaban J connectivity index is 1.36. The predicted octanol–water partition coefficient (Wildman–Crippen LogP) is 3.80. The molecule has 0 saturated heterocycles. The van der Waals surface area contributed by atoms with E-state index in [1.807, 2.05) is 36.7 Å². The Morgan fingerprint density at radius 2 is 2.00 bits per heavy atom. The normalized spacial score (nSPS) is 11.2. The minimum atomic E-state index is -0.218. The average molecular weight is 481 g/mol. The molecule has 4 heterocycles. The molecule has 0 fully saturated rings. The van der Waals surface area contributed by atoms with Gasteiger partial charge in [-0.05, 0) is 54.4 Å². The van der Waals surface area contributed by atoms with Gasteiger partial charge in [0, 0.05) is 54.7 Å². The molecule has 1 amide bonds. The highest BCUT2D eigenvalue weighted by Crippen LogP contribution is 2.31. The summed E-state index contributed by atoms with van der Waals surface area (Å²) in [5.74, 6) is 0.313. The van der Waals surface area contributed by atoms with Gasteiger partial charge in [0.15, 0.2) is 5.82 Å². The zero-order valence-corrected chi connectivity index (χ0v) is 20.3. The van der Waals surface area contributed by atoms with Crippen molar-refractivity contribution in [3.8, 4) is 22.6 Å². The largest absolute Gasteiger partial charge is 0.350 e. The van der Waals surface area contributed by atoms with Crippen molar-refractivity contribution < 1.29 is 4.79 Å². The number of aromatic nitrogens is 6. The topological polar surface area (TPSA) is 124 Å². The van der Waals surface area contributed by atoms with E-state index in [0.29, 0.717) is 30.2 Å². The monoisotopic (exact) mass is 480 g/mol. The summed E-state index contributed by atoms with van der Waals surface area (Å²) < 4.78 is 0. The Bertz CT molecular complexity index is 1490. The highest BCUT2D eigenvalue weighted by molar-refractivity contribution is 5.96. The molecule has 4 aromatic heterocycles. The molecule has 5 aromatic rings. The van der Waals surface area contributed by atoms with Crippen molar-refractivity contribution in [1.29, 1.82) is 0 Å². The van der Waals surface area contributed by atoms with Crippen LogP contribution in [0.15, 0.2) is 61.2 Å². The second-order valence-corrected chi connectivity index (χ2v) is 8.56. The highest BCUT2D eigenvalue weighted by Gasteiger charge is 2.16. The van der Waals surface area contributed by atoms with Crippen LogP contribution in [0, 0.1) is 6.92 Å². The first-order valence-corrected chi connectivity index (χ1v) is 12.0. The fourth-order valence-corrected chi connectivity index (χ4v) is 4.16. The summed E-state index contributed by atoms with van der Waals surface area (Å²) >= 11 is 0. The van der Waals surface area contributed by atoms with Crippen molar-refractivity contribution in [2.45, 2.75) is 26.8 Å². The number of carbonyl (C=O) groups excluding carboxylic acids is 1. The van der Waals surface area contributed by atoms with Crippen molar-refractivity contribution >= 4 is 16.8 Å². The summed E-state index contributed by atoms with van der Waals surface area (Å²) in [5.41, 5.74) is 7.35. The number of imidazole rings is 1. The van der Waals surface area contributed by atoms with Gasteiger partial charge in [0.2, 0.25) is 0 Å². The number of benzene rings is 1. The van der Waals surface area contributed by atoms with Gasteiger partial charge in [-0.2, -0.15) is 5.10 Å². The van der Waals surface area contributed by atoms with Crippen molar-refractivity contribution in [3.05, 3.63) is 83.7 Å². The number of H-pyrrole nitrogens is 2. The van der Waals surface area contributed by atoms with Crippen LogP contribution in [0.3, 0.4) is 0 Å². The molecule has 9 nitrogen and oxygen atoms in total. The van der Waals surface area contributed by atoms with E-state index < -0.39 is 0 Å². The summed E-state index contributed by atoms with van der Waals surface area (Å²) in [6, 6.07) is 11.9. The van der Waals surface area contributed by atoms with Crippen molar-refractivity contribution in [1.82, 2.24) is 40.8 Å². The van der Waals surface area contributed by atoms with Crippen LogP contribution < -0.4 is 10.6 Å². The van der Waals surface area contributed by atoms with Gasteiger partial charge in [0.25, 0.3) is 5.91 Å². The lowest BCUT2D eigenvalue weighted by molar-refractivity contribution is 0.0949. The molecule has 182 valence electrons. The van der Waals surface area contributed by atoms with Crippen molar-refractivity contribution in [2.75, 3.05) is 13.1 Å². The van der Waals surface area contributed by atoms with Crippen LogP contribution >= 0.6 is 0 Å². The van der Waals surface area contributed by atoms with E-state index in [2.05, 4.69) is 66.7 Å². The van der Waals surface area contributed by atoms with Gasteiger partial charge >= 0.3 is 0 Å². The second kappa shape index (κ2) is 10.5. The van der Waals surface area contributed by atoms with E-state index in [9.17, 15) is 4.79 Å². The van der Waals surface area contributed by atoms with E-state index in [0.717, 1.165) is 40.8 Å². The number of carbonyl (C=O) groups is 1. The molecule has 36 heavy (non-hydrogen) atoms. The smallest absolute Gasteiger partial charge is 0.269 e. The Labute approximate surface area is 208 Å². The van der Waals surface area contributed by atoms with Crippen molar-refractivity contribution in [2.24, 2.45) is 0 Å². The summed E-state index contributed by atoms with van der Waals surface area (Å²) in [6.07, 6.45) is 7.75. The minimum Gasteiger partial charge on any atom is -0.350 e. The molecule has 0 atom stereocenters. The maximum atomic E-state index is 12.6. The molecule has 0 bridgehead atoms. The van der Waals surface area contributed by atoms with E-state index in [4.69, 9.17) is 0 Å². The number of aromatic amines is 2. The Morgan fingerprint density at radius 1 is 1.08 bits per heavy atom. The molecule has 0 saturated carbocycles. The molecular weight excluding hydrogens is 452 g/mol. The molecule has 9 heteroatoms. The van der Waals surface area contributed by atoms with Crippen LogP contribution in [-0.4, -0.2) is 49.1 Å². The van der Waals surface area contributed by atoms with Crippen LogP contribution in [0.4, 0.5) is 0 Å². The summed E-state index contributed by atoms with van der Waals surface area (Å²) in [7, 11) is 0. The standard InChI is InChI=1S/C27H28N8O/c1-3-28-13-19-14-29-15-22(17(19)2)18-7-8-23-21(12-18)25(35-34-23)26-32-16-24(33-26)27(36)31-11-9-20-6-4-5-10-30-20/h4-8,10,12,14-16,28H,3,9,11,13H2,1-2H3,(H,31,36)(H,32,33)(H,34,35). The number of pyridine rings is 2. The molecule has 1 aromatic carbocycles. The zero-order valence-electron chi connectivity index (χ0n) is 20.3. The van der Waals surface area contributed by atoms with Crippen molar-refractivity contribution in [3.63, 3.8) is 0 Å². The fraction of sp³-hybridized carbons (Fsp3) is 0.222. The minimum absolute atomic E-state index is 0.218. The molecule has 0 aliphatic heterocycles. The van der Waals surface area contributed by atoms with Crippen LogP contribution in [0.2, 0.25) is 0 Å². The maximum absolute atomic E-state index is 12.6. The lowest BCUT2D eigenvalue weighted by Crippen LogP contribution is -2.26. The van der Waals surface area contributed by atoms with E-state index >= 15 is 0 Å². The lowest BCUT2D eigenvalue weighted by Gasteiger charge is -2.11. The van der Waals surface area contributed by atoms with Crippen LogP contribution in [-0.2, 0) is 13.0 Å². The first kappa shape index (κ1) is 23.4. The average Bonchev–Trinajstić information content (AvgIpc) is 3.56. The number of nitrogens with zero attached hydrogens (tertiary/aromatic N) is 4. The first-order chi connectivity index (χ1) is 17.6. The van der Waals surface area contributed by atoms with Gasteiger partial charge < -0.3 is 15.6 Å². The van der Waals surface area contributed by atoms with Gasteiger partial charge in [0.05, 0.1) is 11.7 Å². The number of hydrogen-bond acceptors (Lipinski definition) is 6. The number of fused-ring (bicyclic) bond motifs is 1. The summed E-state index contributed by atoms with van der Waals surface area (Å²) in [6.45, 7) is 6.38. The van der Waals surface area contributed by atoms with Gasteiger partial charge in [-0.1, -0.05) is 19.1 Å². The van der Waals surface area contributed by atoms with Crippen LogP contribution in [0.25, 0.3) is 33.5 Å². The molecule has 0 aliphatic rings. The Kier molecular flexibility index (Phi) is 6.81. The highest BCUT2D eigenvalue weighted by atomic mass is 16.1. The van der Waals surface area contributed by atoms with Gasteiger partial charge in [0.1, 0.15) is 11.4 Å². The second-order valence-electron chi connectivity index (χ2n) is 8.56. The van der Waals surface area contributed by atoms with Crippen LogP contribution in [0.5, 0.6) is 0 Å². The van der Waals surface area contributed by atoms with E-state index in [-0.39, 0.29) is 5.91 Å². The number of hydrogen-bond donors (Lipinski definition) is 4. The summed E-state index contributed by atoms with van der Waals surface area (Å²) in [5, 5.41) is 14.7.